The molecule has 0 spiro atoms. The lowest BCUT2D eigenvalue weighted by Gasteiger charge is -2.24. The maximum Gasteiger partial charge on any atom is 0.272 e. The summed E-state index contributed by atoms with van der Waals surface area (Å²) < 4.78 is 13.0. The number of nitrogens with zero attached hydrogens (tertiary/aromatic N) is 3. The van der Waals surface area contributed by atoms with Gasteiger partial charge in [0.1, 0.15) is 11.5 Å². The molecule has 0 bridgehead atoms. The number of hydrogen-bond donors (Lipinski definition) is 0. The van der Waals surface area contributed by atoms with Crippen LogP contribution < -0.4 is 0 Å². The summed E-state index contributed by atoms with van der Waals surface area (Å²) in [6.07, 6.45) is 3.78. The molecule has 6 heteroatoms. The van der Waals surface area contributed by atoms with Crippen LogP contribution >= 0.6 is 0 Å². The van der Waals surface area contributed by atoms with E-state index in [1.807, 2.05) is 30.0 Å². The molecular formula is C19H27N3O3. The molecule has 0 aliphatic carbocycles. The molecule has 1 fully saturated rings. The predicted octanol–water partition coefficient (Wildman–Crippen LogP) is 3.44. The SMILES string of the molecule is CCn1nc(C(C)C)cc1C(=O)N(Cc1ccco1)CC1CCCO1. The molecule has 1 aliphatic rings. The molecule has 1 amide bonds. The van der Waals surface area contributed by atoms with Gasteiger partial charge < -0.3 is 14.1 Å². The minimum Gasteiger partial charge on any atom is -0.467 e. The Morgan fingerprint density at radius 2 is 2.32 bits per heavy atom. The lowest BCUT2D eigenvalue weighted by molar-refractivity contribution is 0.0482. The van der Waals surface area contributed by atoms with Gasteiger partial charge in [0, 0.05) is 19.7 Å². The number of hydrogen-bond acceptors (Lipinski definition) is 4. The van der Waals surface area contributed by atoms with Gasteiger partial charge in [-0.15, -0.1) is 0 Å². The van der Waals surface area contributed by atoms with Crippen molar-refractivity contribution in [2.45, 2.75) is 58.7 Å². The van der Waals surface area contributed by atoms with Gasteiger partial charge in [-0.25, -0.2) is 0 Å². The van der Waals surface area contributed by atoms with Gasteiger partial charge in [0.2, 0.25) is 0 Å². The van der Waals surface area contributed by atoms with E-state index in [0.717, 1.165) is 30.9 Å². The van der Waals surface area contributed by atoms with E-state index in [9.17, 15) is 4.79 Å². The van der Waals surface area contributed by atoms with E-state index in [4.69, 9.17) is 9.15 Å². The van der Waals surface area contributed by atoms with Crippen molar-refractivity contribution in [2.75, 3.05) is 13.2 Å². The molecule has 6 nitrogen and oxygen atoms in total. The van der Waals surface area contributed by atoms with Crippen LogP contribution in [0.15, 0.2) is 28.9 Å². The van der Waals surface area contributed by atoms with E-state index < -0.39 is 0 Å². The zero-order chi connectivity index (χ0) is 17.8. The van der Waals surface area contributed by atoms with Crippen LogP contribution in [-0.4, -0.2) is 39.8 Å². The molecule has 2 aromatic rings. The van der Waals surface area contributed by atoms with Gasteiger partial charge >= 0.3 is 0 Å². The van der Waals surface area contributed by atoms with Crippen molar-refractivity contribution in [2.24, 2.45) is 0 Å². The highest BCUT2D eigenvalue weighted by Gasteiger charge is 2.27. The Hall–Kier alpha value is -2.08. The number of amides is 1. The molecule has 1 aliphatic heterocycles. The van der Waals surface area contributed by atoms with Crippen molar-refractivity contribution in [1.29, 1.82) is 0 Å². The van der Waals surface area contributed by atoms with Crippen LogP contribution in [0.3, 0.4) is 0 Å². The largest absolute Gasteiger partial charge is 0.467 e. The third kappa shape index (κ3) is 4.12. The van der Waals surface area contributed by atoms with Crippen LogP contribution in [0.4, 0.5) is 0 Å². The summed E-state index contributed by atoms with van der Waals surface area (Å²) in [6, 6.07) is 5.66. The first-order chi connectivity index (χ1) is 12.1. The molecule has 2 aromatic heterocycles. The monoisotopic (exact) mass is 345 g/mol. The van der Waals surface area contributed by atoms with E-state index in [2.05, 4.69) is 18.9 Å². The minimum atomic E-state index is -0.0202. The summed E-state index contributed by atoms with van der Waals surface area (Å²) in [5.74, 6) is 1.04. The Morgan fingerprint density at radius 3 is 2.92 bits per heavy atom. The quantitative estimate of drug-likeness (QED) is 0.771. The zero-order valence-corrected chi connectivity index (χ0v) is 15.3. The average molecular weight is 345 g/mol. The highest BCUT2D eigenvalue weighted by atomic mass is 16.5. The zero-order valence-electron chi connectivity index (χ0n) is 15.3. The summed E-state index contributed by atoms with van der Waals surface area (Å²) in [7, 11) is 0. The molecule has 3 rings (SSSR count). The number of carbonyl (C=O) groups is 1. The molecule has 0 aromatic carbocycles. The fraction of sp³-hybridized carbons (Fsp3) is 0.579. The summed E-state index contributed by atoms with van der Waals surface area (Å²) in [4.78, 5) is 15.1. The minimum absolute atomic E-state index is 0.0202. The third-order valence-electron chi connectivity index (χ3n) is 4.57. The van der Waals surface area contributed by atoms with E-state index in [1.54, 1.807) is 10.9 Å². The van der Waals surface area contributed by atoms with Gasteiger partial charge in [-0.3, -0.25) is 9.48 Å². The maximum atomic E-state index is 13.2. The van der Waals surface area contributed by atoms with Gasteiger partial charge in [-0.2, -0.15) is 5.10 Å². The van der Waals surface area contributed by atoms with Crippen molar-refractivity contribution >= 4 is 5.91 Å². The van der Waals surface area contributed by atoms with Gasteiger partial charge in [0.15, 0.2) is 0 Å². The first kappa shape index (κ1) is 17.7. The Balaban J connectivity index is 1.84. The molecule has 1 unspecified atom stereocenters. The fourth-order valence-corrected chi connectivity index (χ4v) is 3.14. The number of ether oxygens (including phenoxy) is 1. The predicted molar refractivity (Wildman–Crippen MR) is 94.4 cm³/mol. The first-order valence-corrected chi connectivity index (χ1v) is 9.09. The van der Waals surface area contributed by atoms with Crippen LogP contribution in [0.1, 0.15) is 61.5 Å². The molecule has 0 saturated carbocycles. The van der Waals surface area contributed by atoms with Gasteiger partial charge in [0.25, 0.3) is 5.91 Å². The van der Waals surface area contributed by atoms with Gasteiger partial charge in [-0.05, 0) is 43.9 Å². The van der Waals surface area contributed by atoms with E-state index in [1.165, 1.54) is 0 Å². The van der Waals surface area contributed by atoms with Crippen molar-refractivity contribution < 1.29 is 13.9 Å². The van der Waals surface area contributed by atoms with E-state index >= 15 is 0 Å². The molecule has 1 atom stereocenters. The first-order valence-electron chi connectivity index (χ1n) is 9.09. The summed E-state index contributed by atoms with van der Waals surface area (Å²) in [5, 5.41) is 4.58. The summed E-state index contributed by atoms with van der Waals surface area (Å²) in [6.45, 7) is 8.64. The van der Waals surface area contributed by atoms with Crippen LogP contribution in [0.25, 0.3) is 0 Å². The molecule has 0 radical (unpaired) electrons. The van der Waals surface area contributed by atoms with Crippen LogP contribution in [0, 0.1) is 0 Å². The summed E-state index contributed by atoms with van der Waals surface area (Å²) >= 11 is 0. The normalized spacial score (nSPS) is 17.4. The Kier molecular flexibility index (Phi) is 5.58. The molecule has 25 heavy (non-hydrogen) atoms. The molecule has 0 N–H and O–H groups in total. The number of carbonyl (C=O) groups excluding carboxylic acids is 1. The van der Waals surface area contributed by atoms with Gasteiger partial charge in [0.05, 0.1) is 24.6 Å². The van der Waals surface area contributed by atoms with Crippen LogP contribution in [0.2, 0.25) is 0 Å². The highest BCUT2D eigenvalue weighted by Crippen LogP contribution is 2.20. The highest BCUT2D eigenvalue weighted by molar-refractivity contribution is 5.92. The Labute approximate surface area is 148 Å². The molecule has 1 saturated heterocycles. The van der Waals surface area contributed by atoms with Crippen LogP contribution in [-0.2, 0) is 17.8 Å². The molecule has 136 valence electrons. The van der Waals surface area contributed by atoms with Gasteiger partial charge in [-0.1, -0.05) is 13.8 Å². The second-order valence-corrected chi connectivity index (χ2v) is 6.82. The molecular weight excluding hydrogens is 318 g/mol. The van der Waals surface area contributed by atoms with Crippen molar-refractivity contribution in [1.82, 2.24) is 14.7 Å². The van der Waals surface area contributed by atoms with Crippen molar-refractivity contribution in [3.8, 4) is 0 Å². The Bertz CT molecular complexity index is 685. The second-order valence-electron chi connectivity index (χ2n) is 6.82. The fourth-order valence-electron chi connectivity index (χ4n) is 3.14. The Morgan fingerprint density at radius 1 is 1.48 bits per heavy atom. The topological polar surface area (TPSA) is 60.5 Å². The third-order valence-corrected chi connectivity index (χ3v) is 4.57. The second kappa shape index (κ2) is 7.87. The van der Waals surface area contributed by atoms with E-state index in [0.29, 0.717) is 25.3 Å². The lowest BCUT2D eigenvalue weighted by Crippen LogP contribution is -2.37. The average Bonchev–Trinajstić information content (AvgIpc) is 3.34. The maximum absolute atomic E-state index is 13.2. The van der Waals surface area contributed by atoms with Crippen molar-refractivity contribution in [3.63, 3.8) is 0 Å². The van der Waals surface area contributed by atoms with Crippen molar-refractivity contribution in [3.05, 3.63) is 41.6 Å². The molecule has 3 heterocycles. The standard InChI is InChI=1S/C19H27N3O3/c1-4-22-18(11-17(20-22)14(2)3)19(23)21(12-15-7-5-9-24-15)13-16-8-6-10-25-16/h5,7,9,11,14,16H,4,6,8,10,12-13H2,1-3H3. The number of aryl methyl sites for hydroxylation is 1. The lowest BCUT2D eigenvalue weighted by atomic mass is 10.1. The summed E-state index contributed by atoms with van der Waals surface area (Å²) in [5.41, 5.74) is 1.58. The number of rotatable bonds is 7. The van der Waals surface area contributed by atoms with Crippen LogP contribution in [0.5, 0.6) is 0 Å². The number of furan rings is 1. The number of aromatic nitrogens is 2. The smallest absolute Gasteiger partial charge is 0.272 e. The van der Waals surface area contributed by atoms with E-state index in [-0.39, 0.29) is 17.9 Å².